The second-order valence-corrected chi connectivity index (χ2v) is 5.57. The monoisotopic (exact) mass is 335 g/mol. The van der Waals surface area contributed by atoms with Crippen LogP contribution < -0.4 is 10.6 Å². The molecule has 25 heavy (non-hydrogen) atoms. The lowest BCUT2D eigenvalue weighted by Gasteiger charge is -2.09. The number of aryl methyl sites for hydroxylation is 1. The minimum atomic E-state index is -0.297. The summed E-state index contributed by atoms with van der Waals surface area (Å²) in [5, 5.41) is 5.95. The predicted molar refractivity (Wildman–Crippen MR) is 97.7 cm³/mol. The van der Waals surface area contributed by atoms with E-state index in [-0.39, 0.29) is 11.7 Å². The molecule has 2 N–H and O–H groups in total. The van der Waals surface area contributed by atoms with Gasteiger partial charge in [0.25, 0.3) is 5.91 Å². The van der Waals surface area contributed by atoms with E-state index in [0.29, 0.717) is 11.4 Å². The third-order valence-corrected chi connectivity index (χ3v) is 3.75. The van der Waals surface area contributed by atoms with Gasteiger partial charge in [-0.15, -0.1) is 0 Å². The van der Waals surface area contributed by atoms with Crippen LogP contribution in [0, 0.1) is 5.82 Å². The fraction of sp³-hybridized carbons (Fsp3) is 0.100. The molecule has 1 amide bonds. The molecule has 0 saturated carbocycles. The number of aromatic nitrogens is 1. The molecule has 4 nitrogen and oxygen atoms in total. The van der Waals surface area contributed by atoms with Crippen LogP contribution in [0.25, 0.3) is 0 Å². The van der Waals surface area contributed by atoms with Crippen LogP contribution in [0.3, 0.4) is 0 Å². The Morgan fingerprint density at radius 1 is 0.960 bits per heavy atom. The van der Waals surface area contributed by atoms with Gasteiger partial charge in [-0.2, -0.15) is 0 Å². The van der Waals surface area contributed by atoms with Crippen molar-refractivity contribution in [2.75, 3.05) is 10.6 Å². The van der Waals surface area contributed by atoms with E-state index in [2.05, 4.69) is 22.5 Å². The van der Waals surface area contributed by atoms with Crippen molar-refractivity contribution in [2.45, 2.75) is 13.3 Å². The minimum absolute atomic E-state index is 0.285. The first-order valence-corrected chi connectivity index (χ1v) is 8.03. The van der Waals surface area contributed by atoms with Crippen molar-refractivity contribution in [1.82, 2.24) is 4.98 Å². The molecule has 0 radical (unpaired) electrons. The van der Waals surface area contributed by atoms with Crippen molar-refractivity contribution in [2.24, 2.45) is 0 Å². The number of pyridine rings is 1. The van der Waals surface area contributed by atoms with Crippen molar-refractivity contribution >= 4 is 23.0 Å². The molecule has 3 aromatic rings. The molecule has 3 rings (SSSR count). The van der Waals surface area contributed by atoms with Gasteiger partial charge in [-0.25, -0.2) is 4.39 Å². The van der Waals surface area contributed by atoms with Gasteiger partial charge in [0, 0.05) is 23.3 Å². The molecule has 0 aliphatic carbocycles. The van der Waals surface area contributed by atoms with E-state index >= 15 is 0 Å². The molecule has 0 aliphatic heterocycles. The zero-order chi connectivity index (χ0) is 17.6. The zero-order valence-electron chi connectivity index (χ0n) is 13.8. The Bertz CT molecular complexity index is 861. The van der Waals surface area contributed by atoms with E-state index in [9.17, 15) is 9.18 Å². The third-order valence-electron chi connectivity index (χ3n) is 3.75. The average Bonchev–Trinajstić information content (AvgIpc) is 2.64. The molecule has 0 saturated heterocycles. The van der Waals surface area contributed by atoms with Gasteiger partial charge in [0.2, 0.25) is 0 Å². The van der Waals surface area contributed by atoms with E-state index in [0.717, 1.165) is 17.8 Å². The molecular weight excluding hydrogens is 317 g/mol. The Morgan fingerprint density at radius 3 is 2.32 bits per heavy atom. The number of benzene rings is 2. The highest BCUT2D eigenvalue weighted by atomic mass is 19.1. The van der Waals surface area contributed by atoms with Gasteiger partial charge in [-0.3, -0.25) is 9.78 Å². The lowest BCUT2D eigenvalue weighted by molar-refractivity contribution is 0.102. The van der Waals surface area contributed by atoms with E-state index < -0.39 is 0 Å². The fourth-order valence-electron chi connectivity index (χ4n) is 2.35. The van der Waals surface area contributed by atoms with Crippen LogP contribution in [0.2, 0.25) is 0 Å². The Labute approximate surface area is 145 Å². The summed E-state index contributed by atoms with van der Waals surface area (Å²) >= 11 is 0. The van der Waals surface area contributed by atoms with Gasteiger partial charge >= 0.3 is 0 Å². The van der Waals surface area contributed by atoms with Crippen molar-refractivity contribution < 1.29 is 9.18 Å². The lowest BCUT2D eigenvalue weighted by Crippen LogP contribution is -2.13. The standard InChI is InChI=1S/C20H18FN3O/c1-2-14-3-7-17(8-4-14)24-20(25)19-13-18(11-12-22-19)23-16-9-5-15(21)6-10-16/h3-13H,2H2,1H3,(H,22,23)(H,24,25). The number of halogens is 1. The zero-order valence-corrected chi connectivity index (χ0v) is 13.8. The summed E-state index contributed by atoms with van der Waals surface area (Å²) in [5.74, 6) is -0.582. The van der Waals surface area contributed by atoms with Crippen LogP contribution in [0.1, 0.15) is 23.0 Å². The largest absolute Gasteiger partial charge is 0.355 e. The Morgan fingerprint density at radius 2 is 1.64 bits per heavy atom. The van der Waals surface area contributed by atoms with Crippen LogP contribution in [-0.2, 0) is 6.42 Å². The molecule has 5 heteroatoms. The van der Waals surface area contributed by atoms with Crippen molar-refractivity contribution in [1.29, 1.82) is 0 Å². The quantitative estimate of drug-likeness (QED) is 0.705. The minimum Gasteiger partial charge on any atom is -0.355 e. The second-order valence-electron chi connectivity index (χ2n) is 5.57. The first-order chi connectivity index (χ1) is 12.1. The molecule has 2 aromatic carbocycles. The topological polar surface area (TPSA) is 54.0 Å². The van der Waals surface area contributed by atoms with Crippen molar-refractivity contribution in [3.05, 3.63) is 83.9 Å². The smallest absolute Gasteiger partial charge is 0.274 e. The third kappa shape index (κ3) is 4.41. The van der Waals surface area contributed by atoms with Gasteiger partial charge in [0.15, 0.2) is 0 Å². The van der Waals surface area contributed by atoms with Crippen LogP contribution >= 0.6 is 0 Å². The number of rotatable bonds is 5. The maximum absolute atomic E-state index is 13.0. The Kier molecular flexibility index (Phi) is 5.04. The van der Waals surface area contributed by atoms with Crippen LogP contribution in [-0.4, -0.2) is 10.9 Å². The number of nitrogens with one attached hydrogen (secondary N) is 2. The lowest BCUT2D eigenvalue weighted by atomic mass is 10.1. The van der Waals surface area contributed by atoms with Crippen LogP contribution in [0.4, 0.5) is 21.5 Å². The number of carbonyl (C=O) groups is 1. The van der Waals surface area contributed by atoms with E-state index in [1.165, 1.54) is 17.7 Å². The highest BCUT2D eigenvalue weighted by Gasteiger charge is 2.09. The Hall–Kier alpha value is -3.21. The summed E-state index contributed by atoms with van der Waals surface area (Å²) in [4.78, 5) is 16.5. The number of carbonyl (C=O) groups excluding carboxylic acids is 1. The summed E-state index contributed by atoms with van der Waals surface area (Å²) in [5.41, 5.74) is 3.66. The molecule has 0 spiro atoms. The highest BCUT2D eigenvalue weighted by Crippen LogP contribution is 2.18. The molecule has 1 heterocycles. The van der Waals surface area contributed by atoms with Crippen molar-refractivity contribution in [3.63, 3.8) is 0 Å². The van der Waals surface area contributed by atoms with Gasteiger partial charge in [-0.1, -0.05) is 19.1 Å². The molecule has 0 unspecified atom stereocenters. The highest BCUT2D eigenvalue weighted by molar-refractivity contribution is 6.03. The Balaban J connectivity index is 1.71. The first kappa shape index (κ1) is 16.6. The number of hydrogen-bond acceptors (Lipinski definition) is 3. The maximum atomic E-state index is 13.0. The summed E-state index contributed by atoms with van der Waals surface area (Å²) in [7, 11) is 0. The molecule has 126 valence electrons. The van der Waals surface area contributed by atoms with Crippen molar-refractivity contribution in [3.8, 4) is 0 Å². The number of hydrogen-bond donors (Lipinski definition) is 2. The maximum Gasteiger partial charge on any atom is 0.274 e. The molecule has 1 aromatic heterocycles. The van der Waals surface area contributed by atoms with E-state index in [1.54, 1.807) is 30.5 Å². The van der Waals surface area contributed by atoms with Gasteiger partial charge in [0.05, 0.1) is 0 Å². The molecular formula is C20H18FN3O. The normalized spacial score (nSPS) is 10.3. The van der Waals surface area contributed by atoms with Crippen LogP contribution in [0.15, 0.2) is 66.9 Å². The van der Waals surface area contributed by atoms with E-state index in [1.807, 2.05) is 24.3 Å². The van der Waals surface area contributed by atoms with E-state index in [4.69, 9.17) is 0 Å². The van der Waals surface area contributed by atoms with Gasteiger partial charge in [0.1, 0.15) is 11.5 Å². The average molecular weight is 335 g/mol. The summed E-state index contributed by atoms with van der Waals surface area (Å²) < 4.78 is 13.0. The number of nitrogens with zero attached hydrogens (tertiary/aromatic N) is 1. The summed E-state index contributed by atoms with van der Waals surface area (Å²) in [6.07, 6.45) is 2.51. The van der Waals surface area contributed by atoms with Gasteiger partial charge < -0.3 is 10.6 Å². The number of anilines is 3. The summed E-state index contributed by atoms with van der Waals surface area (Å²) in [6, 6.07) is 17.1. The SMILES string of the molecule is CCc1ccc(NC(=O)c2cc(Nc3ccc(F)cc3)ccn2)cc1. The predicted octanol–water partition coefficient (Wildman–Crippen LogP) is 4.78. The molecule has 0 bridgehead atoms. The number of amides is 1. The molecule has 0 aliphatic rings. The second kappa shape index (κ2) is 7.57. The van der Waals surface area contributed by atoms with Gasteiger partial charge in [-0.05, 0) is 60.5 Å². The van der Waals surface area contributed by atoms with Crippen LogP contribution in [0.5, 0.6) is 0 Å². The molecule has 0 fully saturated rings. The molecule has 0 atom stereocenters. The fourth-order valence-corrected chi connectivity index (χ4v) is 2.35. The summed E-state index contributed by atoms with van der Waals surface area (Å²) in [6.45, 7) is 2.08. The first-order valence-electron chi connectivity index (χ1n) is 8.03.